The lowest BCUT2D eigenvalue weighted by Gasteiger charge is -2.04. The van der Waals surface area contributed by atoms with Crippen LogP contribution in [0.5, 0.6) is 0 Å². The van der Waals surface area contributed by atoms with E-state index < -0.39 is 12.6 Å². The van der Waals surface area contributed by atoms with Crippen LogP contribution in [0.3, 0.4) is 0 Å². The molecule has 2 heterocycles. The van der Waals surface area contributed by atoms with Gasteiger partial charge in [-0.3, -0.25) is 14.7 Å². The molecule has 0 spiro atoms. The monoisotopic (exact) mass is 351 g/mol. The summed E-state index contributed by atoms with van der Waals surface area (Å²) in [7, 11) is 0. The van der Waals surface area contributed by atoms with Gasteiger partial charge in [-0.15, -0.1) is 0 Å². The summed E-state index contributed by atoms with van der Waals surface area (Å²) in [4.78, 5) is 28.4. The Hall–Kier alpha value is -3.73. The zero-order valence-electron chi connectivity index (χ0n) is 13.6. The van der Waals surface area contributed by atoms with Gasteiger partial charge in [-0.1, -0.05) is 12.1 Å². The number of nitrogens with zero attached hydrogens (tertiary/aromatic N) is 3. The third-order valence-electron chi connectivity index (χ3n) is 3.72. The Bertz CT molecular complexity index is 1010. The average molecular weight is 351 g/mol. The Kier molecular flexibility index (Phi) is 4.90. The van der Waals surface area contributed by atoms with Gasteiger partial charge in [0.2, 0.25) is 0 Å². The number of H-pyrrole nitrogens is 1. The first-order valence-electron chi connectivity index (χ1n) is 7.75. The molecule has 1 aromatic carbocycles. The standard InChI is InChI=1S/C18H14FN5O2/c19-7-8-21-17(25)14-5-6-16(22-10-14)24-18(26)15(11-23-24)13-3-1-12(9-20)2-4-13/h1-6,10-11,23H,7-8H2,(H,21,25). The van der Waals surface area contributed by atoms with Crippen LogP contribution in [0.1, 0.15) is 15.9 Å². The molecule has 130 valence electrons. The Morgan fingerprint density at radius 1 is 1.27 bits per heavy atom. The van der Waals surface area contributed by atoms with Crippen molar-refractivity contribution in [3.05, 3.63) is 70.3 Å². The fourth-order valence-corrected chi connectivity index (χ4v) is 2.39. The fraction of sp³-hybridized carbons (Fsp3) is 0.111. The van der Waals surface area contributed by atoms with E-state index in [-0.39, 0.29) is 17.7 Å². The van der Waals surface area contributed by atoms with Gasteiger partial charge in [-0.25, -0.2) is 14.1 Å². The summed E-state index contributed by atoms with van der Waals surface area (Å²) in [5.41, 5.74) is 1.58. The molecule has 0 fully saturated rings. The van der Waals surface area contributed by atoms with Crippen LogP contribution in [0, 0.1) is 11.3 Å². The van der Waals surface area contributed by atoms with Gasteiger partial charge >= 0.3 is 0 Å². The van der Waals surface area contributed by atoms with Gasteiger partial charge in [-0.05, 0) is 29.8 Å². The quantitative estimate of drug-likeness (QED) is 0.731. The molecule has 0 atom stereocenters. The molecule has 0 bridgehead atoms. The Balaban J connectivity index is 1.86. The number of halogens is 1. The number of hydrogen-bond donors (Lipinski definition) is 2. The van der Waals surface area contributed by atoms with E-state index in [4.69, 9.17) is 5.26 Å². The van der Waals surface area contributed by atoms with Crippen molar-refractivity contribution in [3.63, 3.8) is 0 Å². The van der Waals surface area contributed by atoms with Crippen molar-refractivity contribution in [3.8, 4) is 23.0 Å². The molecule has 0 aliphatic rings. The number of aromatic nitrogens is 3. The molecule has 1 amide bonds. The molecule has 3 aromatic rings. The van der Waals surface area contributed by atoms with Crippen LogP contribution in [0.15, 0.2) is 53.6 Å². The van der Waals surface area contributed by atoms with Crippen molar-refractivity contribution in [1.29, 1.82) is 5.26 Å². The number of carbonyl (C=O) groups excluding carboxylic acids is 1. The lowest BCUT2D eigenvalue weighted by Crippen LogP contribution is -2.25. The topological polar surface area (TPSA) is 104 Å². The summed E-state index contributed by atoms with van der Waals surface area (Å²) in [6.45, 7) is -0.710. The second kappa shape index (κ2) is 7.44. The van der Waals surface area contributed by atoms with Crippen LogP contribution in [-0.4, -0.2) is 33.9 Å². The van der Waals surface area contributed by atoms with Crippen molar-refractivity contribution in [2.24, 2.45) is 0 Å². The molecular weight excluding hydrogens is 337 g/mol. The molecule has 0 radical (unpaired) electrons. The maximum atomic E-state index is 12.6. The van der Waals surface area contributed by atoms with Crippen molar-refractivity contribution in [2.45, 2.75) is 0 Å². The van der Waals surface area contributed by atoms with Gasteiger partial charge in [0.05, 0.1) is 22.8 Å². The summed E-state index contributed by atoms with van der Waals surface area (Å²) >= 11 is 0. The SMILES string of the molecule is N#Cc1ccc(-c2c[nH]n(-c3ccc(C(=O)NCCF)cn3)c2=O)cc1. The van der Waals surface area contributed by atoms with E-state index in [1.807, 2.05) is 6.07 Å². The maximum Gasteiger partial charge on any atom is 0.280 e. The number of hydrogen-bond acceptors (Lipinski definition) is 4. The molecule has 3 rings (SSSR count). The van der Waals surface area contributed by atoms with Gasteiger partial charge < -0.3 is 5.32 Å². The van der Waals surface area contributed by atoms with E-state index in [2.05, 4.69) is 15.4 Å². The number of nitriles is 1. The number of aromatic amines is 1. The van der Waals surface area contributed by atoms with Crippen molar-refractivity contribution in [2.75, 3.05) is 13.2 Å². The highest BCUT2D eigenvalue weighted by atomic mass is 19.1. The number of pyridine rings is 1. The maximum absolute atomic E-state index is 12.6. The van der Waals surface area contributed by atoms with Gasteiger partial charge in [0.15, 0.2) is 5.82 Å². The molecule has 7 nitrogen and oxygen atoms in total. The summed E-state index contributed by atoms with van der Waals surface area (Å²) < 4.78 is 13.3. The second-order valence-electron chi connectivity index (χ2n) is 5.37. The second-order valence-corrected chi connectivity index (χ2v) is 5.37. The van der Waals surface area contributed by atoms with Crippen LogP contribution < -0.4 is 10.9 Å². The van der Waals surface area contributed by atoms with Crippen LogP contribution in [0.25, 0.3) is 16.9 Å². The van der Waals surface area contributed by atoms with E-state index >= 15 is 0 Å². The Labute approximate surface area is 147 Å². The fourth-order valence-electron chi connectivity index (χ4n) is 2.39. The van der Waals surface area contributed by atoms with E-state index in [1.165, 1.54) is 23.0 Å². The lowest BCUT2D eigenvalue weighted by atomic mass is 10.1. The zero-order valence-corrected chi connectivity index (χ0v) is 13.6. The van der Waals surface area contributed by atoms with E-state index in [1.54, 1.807) is 30.5 Å². The minimum absolute atomic E-state index is 0.0649. The molecule has 0 aliphatic carbocycles. The van der Waals surface area contributed by atoms with E-state index in [0.29, 0.717) is 22.5 Å². The van der Waals surface area contributed by atoms with Crippen LogP contribution in [0.2, 0.25) is 0 Å². The van der Waals surface area contributed by atoms with Gasteiger partial charge in [-0.2, -0.15) is 5.26 Å². The number of benzene rings is 1. The lowest BCUT2D eigenvalue weighted by molar-refractivity contribution is 0.0950. The van der Waals surface area contributed by atoms with E-state index in [0.717, 1.165) is 0 Å². The van der Waals surface area contributed by atoms with Gasteiger partial charge in [0.1, 0.15) is 6.67 Å². The number of nitrogens with one attached hydrogen (secondary N) is 2. The number of rotatable bonds is 5. The molecule has 0 saturated heterocycles. The first kappa shape index (κ1) is 17.1. The highest BCUT2D eigenvalue weighted by Crippen LogP contribution is 2.16. The van der Waals surface area contributed by atoms with Gasteiger partial charge in [0, 0.05) is 18.9 Å². The highest BCUT2D eigenvalue weighted by Gasteiger charge is 2.12. The first-order valence-corrected chi connectivity index (χ1v) is 7.75. The normalized spacial score (nSPS) is 10.3. The third-order valence-corrected chi connectivity index (χ3v) is 3.72. The van der Waals surface area contributed by atoms with Crippen LogP contribution in [0.4, 0.5) is 4.39 Å². The van der Waals surface area contributed by atoms with Crippen LogP contribution in [-0.2, 0) is 0 Å². The molecule has 0 unspecified atom stereocenters. The van der Waals surface area contributed by atoms with Crippen LogP contribution >= 0.6 is 0 Å². The minimum atomic E-state index is -0.646. The van der Waals surface area contributed by atoms with Crippen molar-refractivity contribution >= 4 is 5.91 Å². The highest BCUT2D eigenvalue weighted by molar-refractivity contribution is 5.93. The zero-order chi connectivity index (χ0) is 18.5. The minimum Gasteiger partial charge on any atom is -0.349 e. The molecule has 8 heteroatoms. The molecule has 26 heavy (non-hydrogen) atoms. The first-order chi connectivity index (χ1) is 12.6. The van der Waals surface area contributed by atoms with Crippen molar-refractivity contribution in [1.82, 2.24) is 20.1 Å². The predicted molar refractivity (Wildman–Crippen MR) is 92.6 cm³/mol. The molecule has 2 N–H and O–H groups in total. The number of alkyl halides is 1. The molecule has 0 aliphatic heterocycles. The summed E-state index contributed by atoms with van der Waals surface area (Å²) in [5.74, 6) is -0.115. The smallest absolute Gasteiger partial charge is 0.280 e. The average Bonchev–Trinajstić information content (AvgIpc) is 3.07. The Morgan fingerprint density at radius 3 is 2.65 bits per heavy atom. The molecule has 0 saturated carbocycles. The van der Waals surface area contributed by atoms with Crippen molar-refractivity contribution < 1.29 is 9.18 Å². The summed E-state index contributed by atoms with van der Waals surface area (Å²) in [6, 6.07) is 11.7. The third kappa shape index (κ3) is 3.37. The molecule has 2 aromatic heterocycles. The molecular formula is C18H14FN5O2. The Morgan fingerprint density at radius 2 is 2.04 bits per heavy atom. The predicted octanol–water partition coefficient (Wildman–Crippen LogP) is 1.80. The summed E-state index contributed by atoms with van der Waals surface area (Å²) in [5, 5.41) is 14.1. The largest absolute Gasteiger partial charge is 0.349 e. The van der Waals surface area contributed by atoms with E-state index in [9.17, 15) is 14.0 Å². The summed E-state index contributed by atoms with van der Waals surface area (Å²) in [6.07, 6.45) is 2.87. The van der Waals surface area contributed by atoms with Gasteiger partial charge in [0.25, 0.3) is 11.5 Å². The number of amides is 1. The number of carbonyl (C=O) groups is 1.